The van der Waals surface area contributed by atoms with Crippen LogP contribution in [0.5, 0.6) is 5.75 Å². The standard InChI is InChI=1S/C32H40F3N6O5P/c1-6-45-47(43,46-7-2)19-20-8-10-25(27(16-20)44-5)38-31-36-17-24(32(33,34)35)29(39-31)37-26-11-9-22(21-12-14-40(3)15-13-21)23-18-41(4)30(42)28(23)26/h8-11,16-17,21H,6-7,12-15,18-19H2,1-5H3,(H2,36,37,38,39). The number of carbonyl (C=O) groups excluding carboxylic acids is 1. The molecule has 5 rings (SSSR count). The van der Waals surface area contributed by atoms with Crippen molar-refractivity contribution in [3.8, 4) is 5.75 Å². The van der Waals surface area contributed by atoms with Crippen LogP contribution in [0.1, 0.15) is 65.2 Å². The molecular formula is C32H40F3N6O5P. The molecule has 15 heteroatoms. The highest BCUT2D eigenvalue weighted by Gasteiger charge is 2.37. The molecule has 11 nitrogen and oxygen atoms in total. The minimum absolute atomic E-state index is 0.00494. The van der Waals surface area contributed by atoms with Gasteiger partial charge in [-0.05, 0) is 87.6 Å². The van der Waals surface area contributed by atoms with E-state index in [1.807, 2.05) is 6.07 Å². The molecule has 2 aliphatic heterocycles. The zero-order valence-corrected chi connectivity index (χ0v) is 28.0. The molecule has 254 valence electrons. The summed E-state index contributed by atoms with van der Waals surface area (Å²) in [5.74, 6) is -0.321. The fraction of sp³-hybridized carbons (Fsp3) is 0.469. The Balaban J connectivity index is 1.46. The lowest BCUT2D eigenvalue weighted by atomic mass is 9.85. The van der Waals surface area contributed by atoms with Gasteiger partial charge >= 0.3 is 13.8 Å². The lowest BCUT2D eigenvalue weighted by Crippen LogP contribution is -2.29. The van der Waals surface area contributed by atoms with Crippen LogP contribution in [0.4, 0.5) is 36.3 Å². The lowest BCUT2D eigenvalue weighted by molar-refractivity contribution is -0.137. The molecule has 0 spiro atoms. The predicted octanol–water partition coefficient (Wildman–Crippen LogP) is 7.15. The number of hydrogen-bond acceptors (Lipinski definition) is 10. The van der Waals surface area contributed by atoms with E-state index < -0.39 is 25.2 Å². The van der Waals surface area contributed by atoms with E-state index in [-0.39, 0.29) is 42.8 Å². The van der Waals surface area contributed by atoms with Crippen LogP contribution in [-0.4, -0.2) is 73.2 Å². The number of benzene rings is 2. The van der Waals surface area contributed by atoms with E-state index in [0.29, 0.717) is 35.3 Å². The zero-order valence-electron chi connectivity index (χ0n) is 27.1. The SMILES string of the molecule is CCOP(=O)(Cc1ccc(Nc2ncc(C(F)(F)F)c(Nc3ccc(C4CCN(C)CC4)c4c3C(=O)N(C)C4)n2)c(OC)c1)OCC. The summed E-state index contributed by atoms with van der Waals surface area (Å²) in [5.41, 5.74) is 2.40. The van der Waals surface area contributed by atoms with E-state index in [9.17, 15) is 22.5 Å². The summed E-state index contributed by atoms with van der Waals surface area (Å²) >= 11 is 0. The van der Waals surface area contributed by atoms with Gasteiger partial charge < -0.3 is 34.2 Å². The summed E-state index contributed by atoms with van der Waals surface area (Å²) in [6.45, 7) is 6.13. The Kier molecular flexibility index (Phi) is 10.4. The molecule has 0 atom stereocenters. The number of anilines is 4. The van der Waals surface area contributed by atoms with Crippen LogP contribution in [0.2, 0.25) is 0 Å². The van der Waals surface area contributed by atoms with Gasteiger partial charge in [0.15, 0.2) is 0 Å². The Bertz CT molecular complexity index is 1650. The molecule has 1 saturated heterocycles. The third-order valence-electron chi connectivity index (χ3n) is 8.35. The summed E-state index contributed by atoms with van der Waals surface area (Å²) in [6.07, 6.45) is -2.19. The van der Waals surface area contributed by atoms with Crippen molar-refractivity contribution in [3.05, 3.63) is 64.3 Å². The van der Waals surface area contributed by atoms with Crippen molar-refractivity contribution in [1.29, 1.82) is 0 Å². The van der Waals surface area contributed by atoms with Crippen LogP contribution in [0.15, 0.2) is 36.5 Å². The highest BCUT2D eigenvalue weighted by molar-refractivity contribution is 7.53. The van der Waals surface area contributed by atoms with Crippen LogP contribution < -0.4 is 15.4 Å². The van der Waals surface area contributed by atoms with Gasteiger partial charge in [-0.3, -0.25) is 9.36 Å². The molecule has 0 unspecified atom stereocenters. The number of alkyl halides is 3. The molecular weight excluding hydrogens is 636 g/mol. The minimum atomic E-state index is -4.77. The van der Waals surface area contributed by atoms with E-state index in [2.05, 4.69) is 32.5 Å². The summed E-state index contributed by atoms with van der Waals surface area (Å²) in [5, 5.41) is 5.75. The second-order valence-electron chi connectivity index (χ2n) is 11.6. The van der Waals surface area contributed by atoms with Gasteiger partial charge in [0, 0.05) is 19.8 Å². The number of ether oxygens (including phenoxy) is 1. The monoisotopic (exact) mass is 676 g/mol. The van der Waals surface area contributed by atoms with E-state index in [0.717, 1.165) is 37.1 Å². The first-order valence-corrected chi connectivity index (χ1v) is 17.2. The highest BCUT2D eigenvalue weighted by atomic mass is 31.2. The number of halogens is 3. The molecule has 0 bridgehead atoms. The number of likely N-dealkylation sites (tertiary alicyclic amines) is 1. The second-order valence-corrected chi connectivity index (χ2v) is 13.7. The Morgan fingerprint density at radius 2 is 1.70 bits per heavy atom. The summed E-state index contributed by atoms with van der Waals surface area (Å²) < 4.78 is 71.9. The number of hydrogen-bond donors (Lipinski definition) is 2. The number of aromatic nitrogens is 2. The number of piperidine rings is 1. The van der Waals surface area contributed by atoms with Gasteiger partial charge in [-0.2, -0.15) is 18.2 Å². The van der Waals surface area contributed by atoms with Crippen LogP contribution in [-0.2, 0) is 32.5 Å². The molecule has 2 aromatic carbocycles. The first kappa shape index (κ1) is 34.6. The van der Waals surface area contributed by atoms with Gasteiger partial charge in [-0.15, -0.1) is 0 Å². The average Bonchev–Trinajstić information content (AvgIpc) is 3.32. The minimum Gasteiger partial charge on any atom is -0.495 e. The molecule has 2 N–H and O–H groups in total. The summed E-state index contributed by atoms with van der Waals surface area (Å²) in [6, 6.07) is 8.51. The lowest BCUT2D eigenvalue weighted by Gasteiger charge is -2.30. The van der Waals surface area contributed by atoms with Crippen molar-refractivity contribution in [2.45, 2.75) is 51.5 Å². The van der Waals surface area contributed by atoms with Crippen molar-refractivity contribution in [3.63, 3.8) is 0 Å². The Labute approximate surface area is 272 Å². The molecule has 0 aliphatic carbocycles. The number of methoxy groups -OCH3 is 1. The van der Waals surface area contributed by atoms with E-state index >= 15 is 0 Å². The Hall–Kier alpha value is -3.71. The van der Waals surface area contributed by atoms with Gasteiger partial charge in [0.2, 0.25) is 5.95 Å². The van der Waals surface area contributed by atoms with Gasteiger partial charge in [-0.1, -0.05) is 12.1 Å². The first-order valence-electron chi connectivity index (χ1n) is 15.5. The van der Waals surface area contributed by atoms with Gasteiger partial charge in [0.1, 0.15) is 17.1 Å². The summed E-state index contributed by atoms with van der Waals surface area (Å²) in [4.78, 5) is 25.3. The topological polar surface area (TPSA) is 118 Å². The van der Waals surface area contributed by atoms with Gasteiger partial charge in [-0.25, -0.2) is 4.98 Å². The van der Waals surface area contributed by atoms with Crippen LogP contribution in [0.3, 0.4) is 0 Å². The highest BCUT2D eigenvalue weighted by Crippen LogP contribution is 2.52. The van der Waals surface area contributed by atoms with Crippen LogP contribution in [0.25, 0.3) is 0 Å². The van der Waals surface area contributed by atoms with E-state index in [1.54, 1.807) is 50.1 Å². The quantitative estimate of drug-likeness (QED) is 0.192. The fourth-order valence-electron chi connectivity index (χ4n) is 6.06. The maximum absolute atomic E-state index is 14.2. The summed E-state index contributed by atoms with van der Waals surface area (Å²) in [7, 11) is 1.80. The normalized spacial score (nSPS) is 16.0. The van der Waals surface area contributed by atoms with Crippen molar-refractivity contribution in [2.75, 3.05) is 58.1 Å². The van der Waals surface area contributed by atoms with Gasteiger partial charge in [0.25, 0.3) is 5.91 Å². The average molecular weight is 677 g/mol. The van der Waals surface area contributed by atoms with Crippen molar-refractivity contribution >= 4 is 36.6 Å². The number of nitrogens with zero attached hydrogens (tertiary/aromatic N) is 4. The molecule has 1 amide bonds. The van der Waals surface area contributed by atoms with E-state index in [4.69, 9.17) is 13.8 Å². The molecule has 1 aromatic heterocycles. The molecule has 0 radical (unpaired) electrons. The Morgan fingerprint density at radius 1 is 1.02 bits per heavy atom. The molecule has 47 heavy (non-hydrogen) atoms. The fourth-order valence-corrected chi connectivity index (χ4v) is 7.75. The first-order chi connectivity index (χ1) is 22.4. The third-order valence-corrected chi connectivity index (χ3v) is 10.4. The molecule has 3 heterocycles. The molecule has 0 saturated carbocycles. The van der Waals surface area contributed by atoms with Gasteiger partial charge in [0.05, 0.1) is 43.4 Å². The van der Waals surface area contributed by atoms with Crippen LogP contribution >= 0.6 is 7.60 Å². The predicted molar refractivity (Wildman–Crippen MR) is 173 cm³/mol. The van der Waals surface area contributed by atoms with E-state index in [1.165, 1.54) is 7.11 Å². The van der Waals surface area contributed by atoms with Crippen molar-refractivity contribution < 1.29 is 36.3 Å². The van der Waals surface area contributed by atoms with Crippen LogP contribution in [0, 0.1) is 0 Å². The maximum atomic E-state index is 14.2. The Morgan fingerprint density at radius 3 is 2.34 bits per heavy atom. The number of nitrogens with one attached hydrogen (secondary N) is 2. The number of carbonyl (C=O) groups is 1. The molecule has 2 aliphatic rings. The number of amides is 1. The van der Waals surface area contributed by atoms with Crippen molar-refractivity contribution in [2.24, 2.45) is 0 Å². The maximum Gasteiger partial charge on any atom is 0.421 e. The number of fused-ring (bicyclic) bond motifs is 1. The largest absolute Gasteiger partial charge is 0.495 e. The molecule has 3 aromatic rings. The smallest absolute Gasteiger partial charge is 0.421 e. The molecule has 1 fully saturated rings. The van der Waals surface area contributed by atoms with Crippen molar-refractivity contribution in [1.82, 2.24) is 19.8 Å². The number of rotatable bonds is 12. The third kappa shape index (κ3) is 7.72. The second kappa shape index (κ2) is 14.2. The zero-order chi connectivity index (χ0) is 33.9.